The highest BCUT2D eigenvalue weighted by molar-refractivity contribution is 7.89. The number of amides is 1. The summed E-state index contributed by atoms with van der Waals surface area (Å²) in [7, 11) is -3.71. The van der Waals surface area contributed by atoms with Crippen molar-refractivity contribution in [2.24, 2.45) is 5.14 Å². The number of anilines is 1. The number of hydrogen-bond donors (Lipinski definition) is 1. The number of hydrogen-bond acceptors (Lipinski definition) is 5. The van der Waals surface area contributed by atoms with Gasteiger partial charge in [-0.05, 0) is 12.5 Å². The number of aryl methyl sites for hydroxylation is 1. The zero-order valence-corrected chi connectivity index (χ0v) is 13.5. The summed E-state index contributed by atoms with van der Waals surface area (Å²) >= 11 is 1.33. The first kappa shape index (κ1) is 15.1. The van der Waals surface area contributed by atoms with Gasteiger partial charge >= 0.3 is 0 Å². The summed E-state index contributed by atoms with van der Waals surface area (Å²) in [5.41, 5.74) is 2.87. The number of primary sulfonamides is 1. The van der Waals surface area contributed by atoms with E-state index in [-0.39, 0.29) is 18.9 Å². The van der Waals surface area contributed by atoms with Crippen molar-refractivity contribution in [3.05, 3.63) is 35.2 Å². The zero-order valence-electron chi connectivity index (χ0n) is 11.9. The smallest absolute Gasteiger partial charge is 0.230 e. The molecule has 0 bridgehead atoms. The molecule has 116 valence electrons. The van der Waals surface area contributed by atoms with E-state index in [0.717, 1.165) is 16.8 Å². The van der Waals surface area contributed by atoms with Crippen LogP contribution in [-0.4, -0.2) is 31.1 Å². The van der Waals surface area contributed by atoms with Crippen LogP contribution in [0.25, 0.3) is 11.3 Å². The Hall–Kier alpha value is -1.77. The van der Waals surface area contributed by atoms with E-state index >= 15 is 0 Å². The molecule has 2 heterocycles. The summed E-state index contributed by atoms with van der Waals surface area (Å²) in [6, 6.07) is 7.84. The van der Waals surface area contributed by atoms with Crippen LogP contribution in [0.3, 0.4) is 0 Å². The van der Waals surface area contributed by atoms with Crippen molar-refractivity contribution in [2.45, 2.75) is 18.6 Å². The minimum Gasteiger partial charge on any atom is -0.287 e. The second-order valence-electron chi connectivity index (χ2n) is 5.25. The lowest BCUT2D eigenvalue weighted by atomic mass is 10.1. The molecule has 1 aromatic heterocycles. The Morgan fingerprint density at radius 1 is 1.36 bits per heavy atom. The Morgan fingerprint density at radius 2 is 2.09 bits per heavy atom. The fraction of sp³-hybridized carbons (Fsp3) is 0.286. The van der Waals surface area contributed by atoms with E-state index < -0.39 is 15.3 Å². The van der Waals surface area contributed by atoms with Gasteiger partial charge in [0.1, 0.15) is 5.25 Å². The number of rotatable bonds is 3. The second-order valence-corrected chi connectivity index (χ2v) is 7.93. The normalized spacial score (nSPS) is 18.9. The highest BCUT2D eigenvalue weighted by atomic mass is 32.2. The predicted molar refractivity (Wildman–Crippen MR) is 86.2 cm³/mol. The van der Waals surface area contributed by atoms with Crippen molar-refractivity contribution in [3.63, 3.8) is 0 Å². The molecule has 22 heavy (non-hydrogen) atoms. The van der Waals surface area contributed by atoms with Gasteiger partial charge in [0.25, 0.3) is 0 Å². The predicted octanol–water partition coefficient (Wildman–Crippen LogP) is 1.51. The highest BCUT2D eigenvalue weighted by Crippen LogP contribution is 2.32. The maximum Gasteiger partial charge on any atom is 0.230 e. The van der Waals surface area contributed by atoms with Gasteiger partial charge < -0.3 is 0 Å². The zero-order chi connectivity index (χ0) is 15.9. The third-order valence-electron chi connectivity index (χ3n) is 3.70. The summed E-state index contributed by atoms with van der Waals surface area (Å²) in [5.74, 6) is -0.260. The maximum atomic E-state index is 12.0. The molecule has 1 fully saturated rings. The van der Waals surface area contributed by atoms with Crippen LogP contribution in [0.5, 0.6) is 0 Å². The molecule has 3 rings (SSSR count). The molecule has 1 atom stereocenters. The molecule has 0 radical (unpaired) electrons. The first-order valence-electron chi connectivity index (χ1n) is 6.70. The van der Waals surface area contributed by atoms with Gasteiger partial charge in [-0.2, -0.15) is 0 Å². The van der Waals surface area contributed by atoms with Crippen LogP contribution in [0, 0.1) is 6.92 Å². The molecule has 1 amide bonds. The molecule has 0 aliphatic carbocycles. The molecule has 1 aliphatic heterocycles. The van der Waals surface area contributed by atoms with Crippen LogP contribution >= 0.6 is 11.3 Å². The van der Waals surface area contributed by atoms with Crippen molar-refractivity contribution in [2.75, 3.05) is 11.4 Å². The van der Waals surface area contributed by atoms with Gasteiger partial charge in [-0.25, -0.2) is 18.5 Å². The van der Waals surface area contributed by atoms with Crippen molar-refractivity contribution < 1.29 is 13.2 Å². The molecule has 2 aromatic rings. The number of aromatic nitrogens is 1. The van der Waals surface area contributed by atoms with Crippen molar-refractivity contribution in [3.8, 4) is 11.3 Å². The molecule has 0 saturated carbocycles. The number of carbonyl (C=O) groups is 1. The van der Waals surface area contributed by atoms with Crippen LogP contribution in [0.15, 0.2) is 29.6 Å². The number of sulfonamides is 1. The fourth-order valence-electron chi connectivity index (χ4n) is 2.45. The van der Waals surface area contributed by atoms with Gasteiger partial charge in [0, 0.05) is 23.9 Å². The van der Waals surface area contributed by atoms with E-state index in [9.17, 15) is 13.2 Å². The van der Waals surface area contributed by atoms with Gasteiger partial charge in [-0.15, -0.1) is 11.3 Å². The standard InChI is InChI=1S/C14H15N3O3S2/c1-9-4-2-3-5-11(9)12-8-21-14(16-12)17-7-10(6-13(17)18)22(15,19)20/h2-5,8,10H,6-7H2,1H3,(H2,15,19,20). The van der Waals surface area contributed by atoms with E-state index in [0.29, 0.717) is 5.13 Å². The van der Waals surface area contributed by atoms with Crippen molar-refractivity contribution in [1.29, 1.82) is 0 Å². The summed E-state index contributed by atoms with van der Waals surface area (Å²) < 4.78 is 22.8. The Labute approximate surface area is 132 Å². The lowest BCUT2D eigenvalue weighted by molar-refractivity contribution is -0.117. The molecular formula is C14H15N3O3S2. The van der Waals surface area contributed by atoms with Crippen LogP contribution in [0.1, 0.15) is 12.0 Å². The minimum absolute atomic E-state index is 0.0678. The second kappa shape index (κ2) is 5.45. The quantitative estimate of drug-likeness (QED) is 0.919. The van der Waals surface area contributed by atoms with Gasteiger partial charge in [-0.1, -0.05) is 24.3 Å². The molecule has 2 N–H and O–H groups in total. The Morgan fingerprint density at radius 3 is 2.73 bits per heavy atom. The van der Waals surface area contributed by atoms with Crippen molar-refractivity contribution >= 4 is 32.4 Å². The van der Waals surface area contributed by atoms with E-state index in [2.05, 4.69) is 4.98 Å². The highest BCUT2D eigenvalue weighted by Gasteiger charge is 2.38. The largest absolute Gasteiger partial charge is 0.287 e. The summed E-state index contributed by atoms with van der Waals surface area (Å²) in [4.78, 5) is 17.9. The lowest BCUT2D eigenvalue weighted by Crippen LogP contribution is -2.32. The van der Waals surface area contributed by atoms with E-state index in [4.69, 9.17) is 5.14 Å². The van der Waals surface area contributed by atoms with E-state index in [1.165, 1.54) is 16.2 Å². The topological polar surface area (TPSA) is 93.4 Å². The van der Waals surface area contributed by atoms with Crippen LogP contribution in [0.2, 0.25) is 0 Å². The summed E-state index contributed by atoms with van der Waals surface area (Å²) in [6.45, 7) is 2.06. The first-order valence-corrected chi connectivity index (χ1v) is 9.18. The van der Waals surface area contributed by atoms with Crippen LogP contribution in [-0.2, 0) is 14.8 Å². The Bertz CT molecular complexity index is 829. The number of carbonyl (C=O) groups excluding carboxylic acids is 1. The lowest BCUT2D eigenvalue weighted by Gasteiger charge is -2.12. The first-order chi connectivity index (χ1) is 10.4. The molecular weight excluding hydrogens is 322 g/mol. The minimum atomic E-state index is -3.71. The fourth-order valence-corrected chi connectivity index (χ4v) is 4.04. The average Bonchev–Trinajstić information content (AvgIpc) is 3.05. The molecule has 6 nitrogen and oxygen atoms in total. The van der Waals surface area contributed by atoms with Crippen LogP contribution in [0.4, 0.5) is 5.13 Å². The molecule has 1 aromatic carbocycles. The SMILES string of the molecule is Cc1ccccc1-c1csc(N2CC(S(N)(=O)=O)CC2=O)n1. The summed E-state index contributed by atoms with van der Waals surface area (Å²) in [5, 5.41) is 6.66. The number of nitrogens with zero attached hydrogens (tertiary/aromatic N) is 2. The third-order valence-corrected chi connectivity index (χ3v) is 5.81. The van der Waals surface area contributed by atoms with Crippen molar-refractivity contribution in [1.82, 2.24) is 4.98 Å². The van der Waals surface area contributed by atoms with Gasteiger partial charge in [0.2, 0.25) is 15.9 Å². The van der Waals surface area contributed by atoms with Gasteiger partial charge in [-0.3, -0.25) is 9.69 Å². The molecule has 8 heteroatoms. The number of nitrogens with two attached hydrogens (primary N) is 1. The Balaban J connectivity index is 1.89. The Kier molecular flexibility index (Phi) is 3.75. The number of benzene rings is 1. The van der Waals surface area contributed by atoms with E-state index in [1.54, 1.807) is 0 Å². The molecule has 1 unspecified atom stereocenters. The molecule has 0 spiro atoms. The average molecular weight is 337 g/mol. The van der Waals surface area contributed by atoms with E-state index in [1.807, 2.05) is 36.6 Å². The van der Waals surface area contributed by atoms with Gasteiger partial charge in [0.15, 0.2) is 5.13 Å². The summed E-state index contributed by atoms with van der Waals surface area (Å²) in [6.07, 6.45) is -0.0852. The molecule has 1 aliphatic rings. The maximum absolute atomic E-state index is 12.0. The monoisotopic (exact) mass is 337 g/mol. The molecule has 1 saturated heterocycles. The van der Waals surface area contributed by atoms with Crippen LogP contribution < -0.4 is 10.0 Å². The van der Waals surface area contributed by atoms with Gasteiger partial charge in [0.05, 0.1) is 5.69 Å². The number of thiazole rings is 1. The third kappa shape index (κ3) is 2.77.